The van der Waals surface area contributed by atoms with Gasteiger partial charge in [-0.05, 0) is 30.5 Å². The predicted octanol–water partition coefficient (Wildman–Crippen LogP) is 3.35. The second kappa shape index (κ2) is 5.54. The molecule has 3 nitrogen and oxygen atoms in total. The van der Waals surface area contributed by atoms with Gasteiger partial charge in [0.1, 0.15) is 6.17 Å². The van der Waals surface area contributed by atoms with Crippen LogP contribution >= 0.6 is 11.6 Å². The van der Waals surface area contributed by atoms with Crippen molar-refractivity contribution in [1.82, 2.24) is 10.2 Å². The van der Waals surface area contributed by atoms with Gasteiger partial charge in [0.15, 0.2) is 0 Å². The number of amides is 1. The molecule has 1 unspecified atom stereocenters. The summed E-state index contributed by atoms with van der Waals surface area (Å²) in [5, 5.41) is 3.89. The maximum absolute atomic E-state index is 12.8. The minimum Gasteiger partial charge on any atom is -0.316 e. The highest BCUT2D eigenvalue weighted by atomic mass is 35.5. The maximum Gasteiger partial charge on any atom is 0.255 e. The molecule has 0 bridgehead atoms. The molecule has 6 heteroatoms. The number of hydrogen-bond donors (Lipinski definition) is 1. The molecule has 1 aliphatic carbocycles. The van der Waals surface area contributed by atoms with E-state index in [4.69, 9.17) is 11.6 Å². The lowest BCUT2D eigenvalue weighted by atomic mass is 9.98. The molecule has 2 fully saturated rings. The average molecular weight is 315 g/mol. The molecule has 1 heterocycles. The minimum atomic E-state index is -2.54. The zero-order valence-corrected chi connectivity index (χ0v) is 12.2. The molecule has 1 saturated heterocycles. The smallest absolute Gasteiger partial charge is 0.255 e. The quantitative estimate of drug-likeness (QED) is 0.928. The fourth-order valence-corrected chi connectivity index (χ4v) is 3.50. The first-order chi connectivity index (χ1) is 10.0. The van der Waals surface area contributed by atoms with E-state index in [0.717, 1.165) is 31.2 Å². The normalized spacial score (nSPS) is 24.5. The standard InChI is InChI=1S/C15H17ClF2N2O/c16-11-5-3-10(4-6-11)13-19-15(7-1-2-8-15)14(21)20(13)9-12(17)18/h3-6,12-13,19H,1-2,7-9H2. The first-order valence-corrected chi connectivity index (χ1v) is 7.52. The van der Waals surface area contributed by atoms with E-state index >= 15 is 0 Å². The Morgan fingerprint density at radius 1 is 1.29 bits per heavy atom. The molecular formula is C15H17ClF2N2O. The summed E-state index contributed by atoms with van der Waals surface area (Å²) in [5.74, 6) is -0.194. The third kappa shape index (κ3) is 2.64. The Hall–Kier alpha value is -1.20. The van der Waals surface area contributed by atoms with Crippen LogP contribution in [0.1, 0.15) is 37.4 Å². The van der Waals surface area contributed by atoms with Crippen LogP contribution in [0.3, 0.4) is 0 Å². The Morgan fingerprint density at radius 3 is 2.48 bits per heavy atom. The molecule has 1 saturated carbocycles. The Bertz CT molecular complexity index is 529. The van der Waals surface area contributed by atoms with Crippen LogP contribution in [0.25, 0.3) is 0 Å². The SMILES string of the molecule is O=C1N(CC(F)F)C(c2ccc(Cl)cc2)NC12CCCC2. The second-order valence-electron chi connectivity index (χ2n) is 5.74. The number of hydrogen-bond acceptors (Lipinski definition) is 2. The van der Waals surface area contributed by atoms with Crippen molar-refractivity contribution in [3.63, 3.8) is 0 Å². The van der Waals surface area contributed by atoms with Crippen molar-refractivity contribution in [2.75, 3.05) is 6.54 Å². The third-order valence-corrected chi connectivity index (χ3v) is 4.62. The Labute approximate surface area is 127 Å². The highest BCUT2D eigenvalue weighted by molar-refractivity contribution is 6.30. The van der Waals surface area contributed by atoms with Gasteiger partial charge in [-0.3, -0.25) is 10.1 Å². The Balaban J connectivity index is 1.92. The number of carbonyl (C=O) groups excluding carboxylic acids is 1. The molecule has 1 aromatic rings. The second-order valence-corrected chi connectivity index (χ2v) is 6.17. The van der Waals surface area contributed by atoms with Crippen molar-refractivity contribution in [3.05, 3.63) is 34.9 Å². The summed E-state index contributed by atoms with van der Waals surface area (Å²) in [6.45, 7) is -0.541. The van der Waals surface area contributed by atoms with Crippen LogP contribution in [0.2, 0.25) is 5.02 Å². The van der Waals surface area contributed by atoms with Crippen LogP contribution in [0.5, 0.6) is 0 Å². The number of halogens is 3. The molecule has 3 rings (SSSR count). The van der Waals surface area contributed by atoms with Gasteiger partial charge in [-0.1, -0.05) is 36.6 Å². The van der Waals surface area contributed by atoms with Crippen molar-refractivity contribution in [1.29, 1.82) is 0 Å². The van der Waals surface area contributed by atoms with Gasteiger partial charge < -0.3 is 4.90 Å². The van der Waals surface area contributed by atoms with Crippen LogP contribution in [-0.4, -0.2) is 29.3 Å². The molecule has 1 amide bonds. The Kier molecular flexibility index (Phi) is 3.88. The van der Waals surface area contributed by atoms with E-state index in [2.05, 4.69) is 5.32 Å². The Morgan fingerprint density at radius 2 is 1.90 bits per heavy atom. The van der Waals surface area contributed by atoms with E-state index in [1.165, 1.54) is 4.90 Å². The molecule has 114 valence electrons. The molecule has 1 spiro atoms. The van der Waals surface area contributed by atoms with Crippen molar-refractivity contribution < 1.29 is 13.6 Å². The zero-order chi connectivity index (χ0) is 15.0. The van der Waals surface area contributed by atoms with Gasteiger partial charge in [0.2, 0.25) is 5.91 Å². The molecule has 1 aromatic carbocycles. The van der Waals surface area contributed by atoms with E-state index in [-0.39, 0.29) is 5.91 Å². The van der Waals surface area contributed by atoms with Gasteiger partial charge in [0.25, 0.3) is 6.43 Å². The maximum atomic E-state index is 12.8. The minimum absolute atomic E-state index is 0.194. The zero-order valence-electron chi connectivity index (χ0n) is 11.5. The van der Waals surface area contributed by atoms with E-state index in [9.17, 15) is 13.6 Å². The fourth-order valence-electron chi connectivity index (χ4n) is 3.38. The molecule has 21 heavy (non-hydrogen) atoms. The van der Waals surface area contributed by atoms with Gasteiger partial charge >= 0.3 is 0 Å². The molecule has 0 aromatic heterocycles. The molecule has 0 radical (unpaired) electrons. The number of rotatable bonds is 3. The van der Waals surface area contributed by atoms with Crippen LogP contribution < -0.4 is 5.32 Å². The van der Waals surface area contributed by atoms with Crippen molar-refractivity contribution in [2.24, 2.45) is 0 Å². The molecule has 1 atom stereocenters. The van der Waals surface area contributed by atoms with E-state index in [1.807, 2.05) is 0 Å². The van der Waals surface area contributed by atoms with E-state index in [0.29, 0.717) is 5.02 Å². The number of nitrogens with one attached hydrogen (secondary N) is 1. The molecule has 1 aliphatic heterocycles. The summed E-state index contributed by atoms with van der Waals surface area (Å²) < 4.78 is 25.7. The molecule has 1 N–H and O–H groups in total. The third-order valence-electron chi connectivity index (χ3n) is 4.37. The van der Waals surface area contributed by atoms with Crippen LogP contribution in [0, 0.1) is 0 Å². The van der Waals surface area contributed by atoms with Gasteiger partial charge in [-0.15, -0.1) is 0 Å². The van der Waals surface area contributed by atoms with E-state index in [1.54, 1.807) is 24.3 Å². The lowest BCUT2D eigenvalue weighted by Gasteiger charge is -2.24. The summed E-state index contributed by atoms with van der Waals surface area (Å²) in [6, 6.07) is 6.98. The van der Waals surface area contributed by atoms with Crippen LogP contribution in [0.15, 0.2) is 24.3 Å². The summed E-state index contributed by atoms with van der Waals surface area (Å²) in [6.07, 6.45) is 0.304. The van der Waals surface area contributed by atoms with Gasteiger partial charge in [-0.25, -0.2) is 8.78 Å². The summed E-state index contributed by atoms with van der Waals surface area (Å²) in [7, 11) is 0. The predicted molar refractivity (Wildman–Crippen MR) is 76.2 cm³/mol. The van der Waals surface area contributed by atoms with Crippen molar-refractivity contribution in [2.45, 2.75) is 43.8 Å². The lowest BCUT2D eigenvalue weighted by Crippen LogP contribution is -2.44. The largest absolute Gasteiger partial charge is 0.316 e. The average Bonchev–Trinajstić information content (AvgIpc) is 3.01. The fraction of sp³-hybridized carbons (Fsp3) is 0.533. The topological polar surface area (TPSA) is 32.3 Å². The molecular weight excluding hydrogens is 298 g/mol. The first kappa shape index (κ1) is 14.7. The molecule has 2 aliphatic rings. The summed E-state index contributed by atoms with van der Waals surface area (Å²) in [5.41, 5.74) is 0.135. The van der Waals surface area contributed by atoms with Gasteiger partial charge in [0.05, 0.1) is 12.1 Å². The number of benzene rings is 1. The van der Waals surface area contributed by atoms with Crippen LogP contribution in [-0.2, 0) is 4.79 Å². The van der Waals surface area contributed by atoms with Crippen molar-refractivity contribution in [3.8, 4) is 0 Å². The summed E-state index contributed by atoms with van der Waals surface area (Å²) in [4.78, 5) is 13.9. The summed E-state index contributed by atoms with van der Waals surface area (Å²) >= 11 is 5.87. The van der Waals surface area contributed by atoms with E-state index < -0.39 is 24.7 Å². The van der Waals surface area contributed by atoms with Crippen LogP contribution in [0.4, 0.5) is 8.78 Å². The van der Waals surface area contributed by atoms with Gasteiger partial charge in [0, 0.05) is 5.02 Å². The highest BCUT2D eigenvalue weighted by Gasteiger charge is 2.53. The number of nitrogens with zero attached hydrogens (tertiary/aromatic N) is 1. The highest BCUT2D eigenvalue weighted by Crippen LogP contribution is 2.41. The van der Waals surface area contributed by atoms with Crippen molar-refractivity contribution >= 4 is 17.5 Å². The number of alkyl halides is 2. The monoisotopic (exact) mass is 314 g/mol. The lowest BCUT2D eigenvalue weighted by molar-refractivity contribution is -0.135. The first-order valence-electron chi connectivity index (χ1n) is 7.14. The van der Waals surface area contributed by atoms with Gasteiger partial charge in [-0.2, -0.15) is 0 Å². The number of carbonyl (C=O) groups is 1.